The molecular formula is C18H20BrNO4. The van der Waals surface area contributed by atoms with Gasteiger partial charge in [0.2, 0.25) is 0 Å². The monoisotopic (exact) mass is 393 g/mol. The maximum Gasteiger partial charge on any atom is 0.311 e. The average Bonchev–Trinajstić information content (AvgIpc) is 2.85. The number of aryl methyl sites for hydroxylation is 1. The molecule has 0 saturated carbocycles. The molecule has 0 atom stereocenters. The van der Waals surface area contributed by atoms with Crippen LogP contribution in [0.3, 0.4) is 0 Å². The van der Waals surface area contributed by atoms with Crippen LogP contribution >= 0.6 is 15.9 Å². The summed E-state index contributed by atoms with van der Waals surface area (Å²) in [5.74, 6) is -1.17. The van der Waals surface area contributed by atoms with Crippen molar-refractivity contribution in [1.29, 1.82) is 0 Å². The van der Waals surface area contributed by atoms with Gasteiger partial charge in [0.15, 0.2) is 0 Å². The summed E-state index contributed by atoms with van der Waals surface area (Å²) in [6, 6.07) is 7.93. The lowest BCUT2D eigenvalue weighted by molar-refractivity contribution is -0.136. The predicted octanol–water partition coefficient (Wildman–Crippen LogP) is 3.69. The van der Waals surface area contributed by atoms with Gasteiger partial charge in [-0.25, -0.2) is 0 Å². The van der Waals surface area contributed by atoms with Crippen LogP contribution in [0.25, 0.3) is 0 Å². The normalized spacial score (nSPS) is 11.3. The third-order valence-corrected chi connectivity index (χ3v) is 4.38. The summed E-state index contributed by atoms with van der Waals surface area (Å²) >= 11 is 3.45. The first-order valence-corrected chi connectivity index (χ1v) is 8.33. The molecule has 0 aliphatic rings. The summed E-state index contributed by atoms with van der Waals surface area (Å²) in [6.45, 7) is 6.22. The van der Waals surface area contributed by atoms with Crippen LogP contribution in [0.15, 0.2) is 39.4 Å². The molecule has 0 aliphatic heterocycles. The number of aliphatic carboxylic acids is 1. The minimum Gasteiger partial charge on any atom is -0.481 e. The van der Waals surface area contributed by atoms with Crippen molar-refractivity contribution in [2.75, 3.05) is 6.54 Å². The smallest absolute Gasteiger partial charge is 0.311 e. The van der Waals surface area contributed by atoms with Gasteiger partial charge < -0.3 is 14.8 Å². The number of hydrogen-bond donors (Lipinski definition) is 2. The number of carboxylic acid groups (broad SMARTS) is 1. The number of benzene rings is 1. The average molecular weight is 394 g/mol. The molecule has 0 unspecified atom stereocenters. The highest BCUT2D eigenvalue weighted by molar-refractivity contribution is 9.10. The van der Waals surface area contributed by atoms with Crippen LogP contribution in [-0.2, 0) is 16.6 Å². The van der Waals surface area contributed by atoms with Gasteiger partial charge >= 0.3 is 5.97 Å². The number of furan rings is 1. The molecule has 1 aromatic carbocycles. The fourth-order valence-corrected chi connectivity index (χ4v) is 2.87. The number of rotatable bonds is 6. The Morgan fingerprint density at radius 1 is 1.33 bits per heavy atom. The van der Waals surface area contributed by atoms with E-state index >= 15 is 0 Å². The first-order valence-electron chi connectivity index (χ1n) is 7.53. The van der Waals surface area contributed by atoms with E-state index in [4.69, 9.17) is 9.52 Å². The van der Waals surface area contributed by atoms with Gasteiger partial charge in [-0.2, -0.15) is 0 Å². The molecule has 0 fully saturated rings. The third kappa shape index (κ3) is 4.26. The fraction of sp³-hybridized carbons (Fsp3) is 0.333. The summed E-state index contributed by atoms with van der Waals surface area (Å²) in [5, 5.41) is 11.8. The first-order chi connectivity index (χ1) is 11.2. The number of halogens is 1. The molecule has 2 N–H and O–H groups in total. The molecule has 5 nitrogen and oxygen atoms in total. The number of amides is 1. The summed E-state index contributed by atoms with van der Waals surface area (Å²) in [4.78, 5) is 23.4. The number of carbonyl (C=O) groups is 2. The molecule has 2 aromatic rings. The van der Waals surface area contributed by atoms with Crippen LogP contribution in [0.4, 0.5) is 0 Å². The van der Waals surface area contributed by atoms with Crippen molar-refractivity contribution < 1.29 is 19.1 Å². The minimum atomic E-state index is -1.03. The summed E-state index contributed by atoms with van der Waals surface area (Å²) in [7, 11) is 0. The lowest BCUT2D eigenvalue weighted by Gasteiger charge is -2.26. The molecule has 1 heterocycles. The highest BCUT2D eigenvalue weighted by Gasteiger charge is 2.25. The number of hydrogen-bond acceptors (Lipinski definition) is 3. The molecule has 0 aliphatic carbocycles. The zero-order valence-electron chi connectivity index (χ0n) is 13.9. The van der Waals surface area contributed by atoms with E-state index in [-0.39, 0.29) is 23.5 Å². The second kappa shape index (κ2) is 7.21. The molecule has 1 amide bonds. The predicted molar refractivity (Wildman–Crippen MR) is 94.3 cm³/mol. The van der Waals surface area contributed by atoms with Gasteiger partial charge in [0.1, 0.15) is 12.2 Å². The van der Waals surface area contributed by atoms with Gasteiger partial charge in [-0.15, -0.1) is 0 Å². The molecule has 24 heavy (non-hydrogen) atoms. The van der Waals surface area contributed by atoms with Gasteiger partial charge in [-0.1, -0.05) is 41.9 Å². The summed E-state index contributed by atoms with van der Waals surface area (Å²) < 4.78 is 6.19. The number of nitrogens with one attached hydrogen (secondary N) is 1. The molecule has 0 radical (unpaired) electrons. The van der Waals surface area contributed by atoms with Crippen molar-refractivity contribution in [2.45, 2.75) is 32.6 Å². The molecule has 128 valence electrons. The Labute approximate surface area is 149 Å². The molecule has 1 aromatic heterocycles. The Balaban J connectivity index is 2.13. The van der Waals surface area contributed by atoms with E-state index in [1.165, 1.54) is 6.26 Å². The Kier molecular flexibility index (Phi) is 5.49. The van der Waals surface area contributed by atoms with Crippen molar-refractivity contribution in [2.24, 2.45) is 0 Å². The fourth-order valence-electron chi connectivity index (χ4n) is 2.47. The summed E-state index contributed by atoms with van der Waals surface area (Å²) in [5.41, 5.74) is 1.75. The minimum absolute atomic E-state index is 0.178. The molecule has 2 rings (SSSR count). The Bertz CT molecular complexity index is 764. The van der Waals surface area contributed by atoms with E-state index in [0.29, 0.717) is 17.7 Å². The van der Waals surface area contributed by atoms with E-state index in [1.54, 1.807) is 6.92 Å². The standard InChI is InChI=1S/C18H20BrNO4/c1-11-9-24-14(8-15(21)22)16(11)17(23)20-10-18(2,3)12-5-4-6-13(19)7-12/h4-7,9H,8,10H2,1-3H3,(H,20,23)(H,21,22). The molecule has 0 saturated heterocycles. The lowest BCUT2D eigenvalue weighted by atomic mass is 9.84. The zero-order valence-corrected chi connectivity index (χ0v) is 15.4. The van der Waals surface area contributed by atoms with Crippen molar-refractivity contribution in [1.82, 2.24) is 5.32 Å². The van der Waals surface area contributed by atoms with Crippen LogP contribution in [0, 0.1) is 6.92 Å². The van der Waals surface area contributed by atoms with Crippen LogP contribution in [0.1, 0.15) is 41.1 Å². The van der Waals surface area contributed by atoms with Gasteiger partial charge in [0.05, 0.1) is 11.8 Å². The van der Waals surface area contributed by atoms with Gasteiger partial charge in [0.25, 0.3) is 5.91 Å². The van der Waals surface area contributed by atoms with Crippen molar-refractivity contribution in [3.05, 3.63) is 57.5 Å². The van der Waals surface area contributed by atoms with Crippen LogP contribution in [0.5, 0.6) is 0 Å². The van der Waals surface area contributed by atoms with E-state index in [2.05, 4.69) is 21.2 Å². The van der Waals surface area contributed by atoms with Gasteiger partial charge in [-0.05, 0) is 24.6 Å². The van der Waals surface area contributed by atoms with E-state index in [0.717, 1.165) is 10.0 Å². The van der Waals surface area contributed by atoms with Crippen molar-refractivity contribution in [3.63, 3.8) is 0 Å². The Morgan fingerprint density at radius 2 is 2.04 bits per heavy atom. The quantitative estimate of drug-likeness (QED) is 0.784. The van der Waals surface area contributed by atoms with Crippen LogP contribution in [-0.4, -0.2) is 23.5 Å². The Morgan fingerprint density at radius 3 is 2.67 bits per heavy atom. The second-order valence-corrected chi connectivity index (χ2v) is 7.28. The van der Waals surface area contributed by atoms with E-state index in [1.807, 2.05) is 38.1 Å². The lowest BCUT2D eigenvalue weighted by Crippen LogP contribution is -2.37. The highest BCUT2D eigenvalue weighted by Crippen LogP contribution is 2.25. The SMILES string of the molecule is Cc1coc(CC(=O)O)c1C(=O)NCC(C)(C)c1cccc(Br)c1. The molecule has 0 bridgehead atoms. The zero-order chi connectivity index (χ0) is 17.9. The van der Waals surface area contributed by atoms with E-state index in [9.17, 15) is 9.59 Å². The van der Waals surface area contributed by atoms with Crippen molar-refractivity contribution in [3.8, 4) is 0 Å². The number of carbonyl (C=O) groups excluding carboxylic acids is 1. The molecule has 0 spiro atoms. The highest BCUT2D eigenvalue weighted by atomic mass is 79.9. The summed E-state index contributed by atoms with van der Waals surface area (Å²) in [6.07, 6.45) is 1.10. The van der Waals surface area contributed by atoms with Gasteiger partial charge in [0, 0.05) is 22.0 Å². The van der Waals surface area contributed by atoms with Crippen LogP contribution < -0.4 is 5.32 Å². The van der Waals surface area contributed by atoms with E-state index < -0.39 is 5.97 Å². The maximum atomic E-state index is 12.5. The Hall–Kier alpha value is -2.08. The molecule has 6 heteroatoms. The number of carboxylic acids is 1. The topological polar surface area (TPSA) is 79.5 Å². The maximum absolute atomic E-state index is 12.5. The van der Waals surface area contributed by atoms with Gasteiger partial charge in [-0.3, -0.25) is 9.59 Å². The second-order valence-electron chi connectivity index (χ2n) is 6.36. The van der Waals surface area contributed by atoms with Crippen LogP contribution in [0.2, 0.25) is 0 Å². The third-order valence-electron chi connectivity index (χ3n) is 3.89. The molecular weight excluding hydrogens is 374 g/mol. The first kappa shape index (κ1) is 18.3. The van der Waals surface area contributed by atoms with Crippen molar-refractivity contribution >= 4 is 27.8 Å². The largest absolute Gasteiger partial charge is 0.481 e.